The summed E-state index contributed by atoms with van der Waals surface area (Å²) in [7, 11) is 0. The highest BCUT2D eigenvalue weighted by Gasteiger charge is 2.08. The van der Waals surface area contributed by atoms with Crippen LogP contribution in [0.5, 0.6) is 5.75 Å². The number of hydrogen-bond donors (Lipinski definition) is 3. The zero-order valence-electron chi connectivity index (χ0n) is 11.0. The van der Waals surface area contributed by atoms with Crippen LogP contribution in [-0.2, 0) is 6.42 Å². The SMILES string of the molecule is Nc1cc(C(=O)NCCc2ccc(OC(F)F)cc2)[nH]n1. The number of hydrogen-bond acceptors (Lipinski definition) is 4. The largest absolute Gasteiger partial charge is 0.435 e. The molecule has 0 aliphatic carbocycles. The number of anilines is 1. The number of benzene rings is 1. The molecule has 1 amide bonds. The Morgan fingerprint density at radius 3 is 2.67 bits per heavy atom. The van der Waals surface area contributed by atoms with Gasteiger partial charge in [-0.2, -0.15) is 13.9 Å². The van der Waals surface area contributed by atoms with Crippen molar-refractivity contribution in [3.05, 3.63) is 41.6 Å². The van der Waals surface area contributed by atoms with Crippen molar-refractivity contribution in [1.82, 2.24) is 15.5 Å². The molecular weight excluding hydrogens is 282 g/mol. The van der Waals surface area contributed by atoms with E-state index in [1.165, 1.54) is 18.2 Å². The third-order valence-corrected chi connectivity index (χ3v) is 2.69. The second-order valence-electron chi connectivity index (χ2n) is 4.23. The number of alkyl halides is 2. The van der Waals surface area contributed by atoms with E-state index < -0.39 is 6.61 Å². The van der Waals surface area contributed by atoms with Gasteiger partial charge in [-0.05, 0) is 24.1 Å². The van der Waals surface area contributed by atoms with Crippen LogP contribution in [0.2, 0.25) is 0 Å². The highest BCUT2D eigenvalue weighted by atomic mass is 19.3. The van der Waals surface area contributed by atoms with Gasteiger partial charge in [0.1, 0.15) is 17.3 Å². The quantitative estimate of drug-likeness (QED) is 0.754. The number of rotatable bonds is 6. The van der Waals surface area contributed by atoms with Crippen LogP contribution in [0.1, 0.15) is 16.1 Å². The van der Waals surface area contributed by atoms with Gasteiger partial charge in [-0.25, -0.2) is 0 Å². The maximum atomic E-state index is 12.0. The second-order valence-corrected chi connectivity index (χ2v) is 4.23. The van der Waals surface area contributed by atoms with Crippen LogP contribution in [0.4, 0.5) is 14.6 Å². The number of nitrogen functional groups attached to an aromatic ring is 1. The summed E-state index contributed by atoms with van der Waals surface area (Å²) in [4.78, 5) is 11.7. The van der Waals surface area contributed by atoms with Crippen molar-refractivity contribution in [3.8, 4) is 5.75 Å². The number of carbonyl (C=O) groups excluding carboxylic acids is 1. The summed E-state index contributed by atoms with van der Waals surface area (Å²) >= 11 is 0. The number of nitrogens with two attached hydrogens (primary N) is 1. The van der Waals surface area contributed by atoms with Gasteiger partial charge in [0.25, 0.3) is 5.91 Å². The highest BCUT2D eigenvalue weighted by molar-refractivity contribution is 5.92. The predicted octanol–water partition coefficient (Wildman–Crippen LogP) is 1.57. The minimum Gasteiger partial charge on any atom is -0.435 e. The van der Waals surface area contributed by atoms with Gasteiger partial charge in [0.2, 0.25) is 0 Å². The number of amides is 1. The zero-order valence-corrected chi connectivity index (χ0v) is 11.0. The van der Waals surface area contributed by atoms with E-state index in [-0.39, 0.29) is 23.2 Å². The molecule has 1 aromatic carbocycles. The maximum absolute atomic E-state index is 12.0. The summed E-state index contributed by atoms with van der Waals surface area (Å²) in [5.74, 6) is 0.0392. The first-order valence-corrected chi connectivity index (χ1v) is 6.17. The monoisotopic (exact) mass is 296 g/mol. The number of carbonyl (C=O) groups is 1. The fraction of sp³-hybridized carbons (Fsp3) is 0.231. The number of aromatic nitrogens is 2. The van der Waals surface area contributed by atoms with Gasteiger partial charge in [0.05, 0.1) is 0 Å². The van der Waals surface area contributed by atoms with Gasteiger partial charge in [-0.3, -0.25) is 9.89 Å². The van der Waals surface area contributed by atoms with E-state index in [1.54, 1.807) is 12.1 Å². The van der Waals surface area contributed by atoms with Crippen LogP contribution in [-0.4, -0.2) is 29.3 Å². The van der Waals surface area contributed by atoms with Crippen molar-refractivity contribution in [3.63, 3.8) is 0 Å². The van der Waals surface area contributed by atoms with Crippen molar-refractivity contribution in [2.75, 3.05) is 12.3 Å². The Bertz CT molecular complexity index is 598. The summed E-state index contributed by atoms with van der Waals surface area (Å²) in [6.45, 7) is -2.44. The minimum atomic E-state index is -2.84. The molecule has 0 aliphatic heterocycles. The molecule has 2 aromatic rings. The number of nitrogens with zero attached hydrogens (tertiary/aromatic N) is 1. The van der Waals surface area contributed by atoms with Crippen LogP contribution in [0, 0.1) is 0 Å². The predicted molar refractivity (Wildman–Crippen MR) is 72.1 cm³/mol. The van der Waals surface area contributed by atoms with E-state index in [0.29, 0.717) is 13.0 Å². The minimum absolute atomic E-state index is 0.103. The second kappa shape index (κ2) is 6.69. The Morgan fingerprint density at radius 1 is 1.38 bits per heavy atom. The van der Waals surface area contributed by atoms with E-state index in [1.807, 2.05) is 0 Å². The molecule has 0 saturated carbocycles. The molecule has 0 spiro atoms. The van der Waals surface area contributed by atoms with Crippen LogP contribution in [0.25, 0.3) is 0 Å². The molecule has 2 rings (SSSR count). The van der Waals surface area contributed by atoms with E-state index in [0.717, 1.165) is 5.56 Å². The van der Waals surface area contributed by atoms with Crippen LogP contribution in [0.15, 0.2) is 30.3 Å². The van der Waals surface area contributed by atoms with Gasteiger partial charge in [-0.15, -0.1) is 0 Å². The average molecular weight is 296 g/mol. The zero-order chi connectivity index (χ0) is 15.2. The lowest BCUT2D eigenvalue weighted by Gasteiger charge is -2.06. The fourth-order valence-corrected chi connectivity index (χ4v) is 1.71. The van der Waals surface area contributed by atoms with Crippen molar-refractivity contribution in [1.29, 1.82) is 0 Å². The molecule has 0 saturated heterocycles. The molecular formula is C13H14F2N4O2. The number of nitrogens with one attached hydrogen (secondary N) is 2. The molecule has 4 N–H and O–H groups in total. The molecule has 1 heterocycles. The van der Waals surface area contributed by atoms with Crippen molar-refractivity contribution >= 4 is 11.7 Å². The topological polar surface area (TPSA) is 93.0 Å². The Balaban J connectivity index is 1.79. The highest BCUT2D eigenvalue weighted by Crippen LogP contribution is 2.15. The molecule has 0 aliphatic rings. The van der Waals surface area contributed by atoms with E-state index in [2.05, 4.69) is 20.3 Å². The Morgan fingerprint density at radius 2 is 2.10 bits per heavy atom. The maximum Gasteiger partial charge on any atom is 0.387 e. The first-order valence-electron chi connectivity index (χ1n) is 6.17. The first kappa shape index (κ1) is 14.8. The fourth-order valence-electron chi connectivity index (χ4n) is 1.71. The van der Waals surface area contributed by atoms with Crippen LogP contribution >= 0.6 is 0 Å². The third kappa shape index (κ3) is 4.44. The Labute approximate surface area is 119 Å². The number of aromatic amines is 1. The van der Waals surface area contributed by atoms with Gasteiger partial charge in [-0.1, -0.05) is 12.1 Å². The molecule has 0 bridgehead atoms. The molecule has 0 radical (unpaired) electrons. The summed E-state index contributed by atoms with van der Waals surface area (Å²) in [5, 5.41) is 8.85. The number of ether oxygens (including phenoxy) is 1. The van der Waals surface area contributed by atoms with Crippen LogP contribution < -0.4 is 15.8 Å². The summed E-state index contributed by atoms with van der Waals surface area (Å²) in [6, 6.07) is 7.68. The summed E-state index contributed by atoms with van der Waals surface area (Å²) in [5.41, 5.74) is 6.57. The molecule has 6 nitrogen and oxygen atoms in total. The molecule has 0 fully saturated rings. The lowest BCUT2D eigenvalue weighted by Crippen LogP contribution is -2.26. The summed E-state index contributed by atoms with van der Waals surface area (Å²) in [6.07, 6.45) is 0.560. The number of H-pyrrole nitrogens is 1. The average Bonchev–Trinajstić information content (AvgIpc) is 2.87. The van der Waals surface area contributed by atoms with E-state index in [9.17, 15) is 13.6 Å². The van der Waals surface area contributed by atoms with Crippen molar-refractivity contribution < 1.29 is 18.3 Å². The van der Waals surface area contributed by atoms with Gasteiger partial charge in [0, 0.05) is 12.6 Å². The normalized spacial score (nSPS) is 10.6. The molecule has 0 atom stereocenters. The van der Waals surface area contributed by atoms with Crippen molar-refractivity contribution in [2.45, 2.75) is 13.0 Å². The number of halogens is 2. The molecule has 21 heavy (non-hydrogen) atoms. The lowest BCUT2D eigenvalue weighted by atomic mass is 10.1. The molecule has 0 unspecified atom stereocenters. The Hall–Kier alpha value is -2.64. The molecule has 8 heteroatoms. The smallest absolute Gasteiger partial charge is 0.387 e. The summed E-state index contributed by atoms with van der Waals surface area (Å²) < 4.78 is 28.2. The van der Waals surface area contributed by atoms with Gasteiger partial charge in [0.15, 0.2) is 0 Å². The third-order valence-electron chi connectivity index (χ3n) is 2.69. The van der Waals surface area contributed by atoms with Gasteiger partial charge < -0.3 is 15.8 Å². The lowest BCUT2D eigenvalue weighted by molar-refractivity contribution is -0.0498. The van der Waals surface area contributed by atoms with E-state index >= 15 is 0 Å². The first-order chi connectivity index (χ1) is 10.0. The molecule has 112 valence electrons. The van der Waals surface area contributed by atoms with E-state index in [4.69, 9.17) is 5.73 Å². The molecule has 1 aromatic heterocycles. The standard InChI is InChI=1S/C13H14F2N4O2/c14-13(15)21-9-3-1-8(2-4-9)5-6-17-12(20)10-7-11(16)19-18-10/h1-4,7,13H,5-6H2,(H,17,20)(H3,16,18,19). The van der Waals surface area contributed by atoms with Gasteiger partial charge >= 0.3 is 6.61 Å². The Kier molecular flexibility index (Phi) is 4.70. The van der Waals surface area contributed by atoms with Crippen LogP contribution in [0.3, 0.4) is 0 Å². The van der Waals surface area contributed by atoms with Crippen molar-refractivity contribution in [2.24, 2.45) is 0 Å².